The van der Waals surface area contributed by atoms with E-state index in [9.17, 15) is 9.59 Å². The van der Waals surface area contributed by atoms with Gasteiger partial charge in [-0.25, -0.2) is 0 Å². The summed E-state index contributed by atoms with van der Waals surface area (Å²) < 4.78 is 5.39. The summed E-state index contributed by atoms with van der Waals surface area (Å²) >= 11 is 0. The second-order valence-electron chi connectivity index (χ2n) is 8.24. The Morgan fingerprint density at radius 2 is 1.71 bits per heavy atom. The third kappa shape index (κ3) is 11.0. The molecule has 0 aromatic heterocycles. The molecule has 0 radical (unpaired) electrons. The van der Waals surface area contributed by atoms with Crippen LogP contribution in [0.1, 0.15) is 85.5 Å². The summed E-state index contributed by atoms with van der Waals surface area (Å²) in [5, 5.41) is 3.45. The monoisotopic (exact) mass is 399 g/mol. The highest BCUT2D eigenvalue weighted by Gasteiger charge is 2.34. The normalized spacial score (nSPS) is 15.6. The Morgan fingerprint density at radius 1 is 1.07 bits per heavy atom. The topological polar surface area (TPSA) is 107 Å². The molecule has 0 aliphatic heterocycles. The average molecular weight is 400 g/mol. The summed E-state index contributed by atoms with van der Waals surface area (Å²) in [6.07, 6.45) is 8.27. The maximum absolute atomic E-state index is 12.7. The lowest BCUT2D eigenvalue weighted by Crippen LogP contribution is -2.32. The Hall–Kier alpha value is -1.14. The summed E-state index contributed by atoms with van der Waals surface area (Å²) in [6, 6.07) is 0. The molecule has 0 saturated carbocycles. The third-order valence-electron chi connectivity index (χ3n) is 5.74. The number of nitrogens with two attached hydrogens (primary N) is 2. The van der Waals surface area contributed by atoms with Crippen LogP contribution in [0.2, 0.25) is 0 Å². The lowest BCUT2D eigenvalue weighted by atomic mass is 9.78. The number of carbonyl (C=O) groups excluding carboxylic acids is 2. The fourth-order valence-corrected chi connectivity index (χ4v) is 3.83. The highest BCUT2D eigenvalue weighted by atomic mass is 16.5. The highest BCUT2D eigenvalue weighted by molar-refractivity contribution is 5.77. The van der Waals surface area contributed by atoms with Crippen LogP contribution in [0, 0.1) is 17.3 Å². The van der Waals surface area contributed by atoms with Crippen LogP contribution in [-0.4, -0.2) is 38.1 Å². The van der Waals surface area contributed by atoms with Gasteiger partial charge in [-0.3, -0.25) is 9.59 Å². The second-order valence-corrected chi connectivity index (χ2v) is 8.24. The van der Waals surface area contributed by atoms with E-state index >= 15 is 0 Å². The quantitative estimate of drug-likeness (QED) is 0.306. The van der Waals surface area contributed by atoms with Gasteiger partial charge in [-0.1, -0.05) is 40.0 Å². The van der Waals surface area contributed by atoms with E-state index in [1.165, 1.54) is 12.8 Å². The zero-order chi connectivity index (χ0) is 21.4. The van der Waals surface area contributed by atoms with Crippen molar-refractivity contribution < 1.29 is 14.3 Å². The molecular weight excluding hydrogens is 354 g/mol. The van der Waals surface area contributed by atoms with Gasteiger partial charge in [-0.05, 0) is 64.5 Å². The third-order valence-corrected chi connectivity index (χ3v) is 5.74. The summed E-state index contributed by atoms with van der Waals surface area (Å²) in [4.78, 5) is 24.2. The summed E-state index contributed by atoms with van der Waals surface area (Å²) in [7, 11) is 0. The van der Waals surface area contributed by atoms with Crippen molar-refractivity contribution in [2.75, 3.05) is 26.2 Å². The first-order valence-corrected chi connectivity index (χ1v) is 11.2. The van der Waals surface area contributed by atoms with Gasteiger partial charge < -0.3 is 21.5 Å². The molecule has 0 aliphatic carbocycles. The van der Waals surface area contributed by atoms with Gasteiger partial charge in [0, 0.05) is 12.5 Å². The zero-order valence-electron chi connectivity index (χ0n) is 18.7. The van der Waals surface area contributed by atoms with Gasteiger partial charge in [-0.15, -0.1) is 0 Å². The number of amides is 1. The van der Waals surface area contributed by atoms with Crippen LogP contribution >= 0.6 is 0 Å². The van der Waals surface area contributed by atoms with Crippen LogP contribution in [0.25, 0.3) is 0 Å². The smallest absolute Gasteiger partial charge is 0.311 e. The Morgan fingerprint density at radius 3 is 2.21 bits per heavy atom. The molecule has 0 heterocycles. The van der Waals surface area contributed by atoms with Crippen LogP contribution in [0.4, 0.5) is 0 Å². The van der Waals surface area contributed by atoms with Crippen LogP contribution < -0.4 is 16.8 Å². The molecule has 0 bridgehead atoms. The Labute approximate surface area is 172 Å². The Bertz CT molecular complexity index is 431. The maximum Gasteiger partial charge on any atom is 0.311 e. The molecule has 6 nitrogen and oxygen atoms in total. The fraction of sp³-hybridized carbons (Fsp3) is 0.909. The molecule has 6 heteroatoms. The number of nitrogens with one attached hydrogen (secondary N) is 1. The molecule has 3 atom stereocenters. The molecule has 0 aliphatic rings. The van der Waals surface area contributed by atoms with E-state index < -0.39 is 5.41 Å². The van der Waals surface area contributed by atoms with Crippen LogP contribution in [-0.2, 0) is 14.3 Å². The van der Waals surface area contributed by atoms with Crippen molar-refractivity contribution >= 4 is 11.9 Å². The molecule has 0 aromatic rings. The van der Waals surface area contributed by atoms with E-state index in [0.29, 0.717) is 18.9 Å². The molecular formula is C22H45N3O3. The van der Waals surface area contributed by atoms with Crippen molar-refractivity contribution in [2.24, 2.45) is 28.7 Å². The number of hydrogen-bond donors (Lipinski definition) is 3. The Balaban J connectivity index is 4.79. The number of ether oxygens (including phenoxy) is 1. The lowest BCUT2D eigenvalue weighted by Gasteiger charge is -2.29. The molecule has 0 saturated heterocycles. The van der Waals surface area contributed by atoms with E-state index in [2.05, 4.69) is 19.2 Å². The van der Waals surface area contributed by atoms with Crippen molar-refractivity contribution in [1.29, 1.82) is 0 Å². The predicted octanol–water partition coefficient (Wildman–Crippen LogP) is 3.37. The number of rotatable bonds is 18. The molecule has 0 fully saturated rings. The summed E-state index contributed by atoms with van der Waals surface area (Å²) in [5.74, 6) is 0.122. The van der Waals surface area contributed by atoms with Gasteiger partial charge in [0.2, 0.25) is 5.91 Å². The molecule has 5 N–H and O–H groups in total. The number of primary amides is 1. The zero-order valence-corrected chi connectivity index (χ0v) is 18.7. The number of hydrogen-bond acceptors (Lipinski definition) is 5. The predicted molar refractivity (Wildman–Crippen MR) is 116 cm³/mol. The van der Waals surface area contributed by atoms with Crippen LogP contribution in [0.15, 0.2) is 0 Å². The van der Waals surface area contributed by atoms with Gasteiger partial charge >= 0.3 is 5.97 Å². The van der Waals surface area contributed by atoms with Crippen molar-refractivity contribution in [3.63, 3.8) is 0 Å². The lowest BCUT2D eigenvalue weighted by molar-refractivity contribution is -0.155. The van der Waals surface area contributed by atoms with Crippen molar-refractivity contribution in [3.05, 3.63) is 0 Å². The van der Waals surface area contributed by atoms with Crippen LogP contribution in [0.3, 0.4) is 0 Å². The molecule has 166 valence electrons. The first-order chi connectivity index (χ1) is 13.3. The first-order valence-electron chi connectivity index (χ1n) is 11.2. The van der Waals surface area contributed by atoms with Crippen molar-refractivity contribution in [2.45, 2.75) is 85.5 Å². The average Bonchev–Trinajstić information content (AvgIpc) is 2.67. The molecule has 28 heavy (non-hydrogen) atoms. The fourth-order valence-electron chi connectivity index (χ4n) is 3.83. The minimum absolute atomic E-state index is 0.113. The van der Waals surface area contributed by atoms with Crippen molar-refractivity contribution in [3.8, 4) is 0 Å². The van der Waals surface area contributed by atoms with E-state index in [1.807, 2.05) is 13.8 Å². The minimum Gasteiger partial charge on any atom is -0.464 e. The molecule has 0 rings (SSSR count). The summed E-state index contributed by atoms with van der Waals surface area (Å²) in [6.45, 7) is 10.9. The van der Waals surface area contributed by atoms with Gasteiger partial charge in [0.05, 0.1) is 5.41 Å². The first kappa shape index (κ1) is 26.9. The van der Waals surface area contributed by atoms with E-state index in [0.717, 1.165) is 51.6 Å². The SMILES string of the molecule is CCCC(CCCC(C)(CCCC(CC)C(N)=O)C(=O)OCCN)CNCC. The number of carbonyl (C=O) groups is 2. The number of esters is 1. The highest BCUT2D eigenvalue weighted by Crippen LogP contribution is 2.34. The van der Waals surface area contributed by atoms with Gasteiger partial charge in [0.25, 0.3) is 0 Å². The molecule has 0 aromatic carbocycles. The van der Waals surface area contributed by atoms with Gasteiger partial charge in [-0.2, -0.15) is 0 Å². The Kier molecular flexibility index (Phi) is 15.1. The largest absolute Gasteiger partial charge is 0.464 e. The van der Waals surface area contributed by atoms with E-state index in [-0.39, 0.29) is 24.4 Å². The molecule has 3 unspecified atom stereocenters. The van der Waals surface area contributed by atoms with E-state index in [1.54, 1.807) is 0 Å². The van der Waals surface area contributed by atoms with Crippen LogP contribution in [0.5, 0.6) is 0 Å². The molecule has 1 amide bonds. The minimum atomic E-state index is -0.528. The second kappa shape index (κ2) is 15.7. The van der Waals surface area contributed by atoms with Gasteiger partial charge in [0.15, 0.2) is 0 Å². The van der Waals surface area contributed by atoms with Crippen molar-refractivity contribution in [1.82, 2.24) is 5.32 Å². The van der Waals surface area contributed by atoms with Gasteiger partial charge in [0.1, 0.15) is 6.61 Å². The van der Waals surface area contributed by atoms with E-state index in [4.69, 9.17) is 16.2 Å². The standard InChI is InChI=1S/C22H45N3O3/c1-5-10-18(17-25-7-3)11-8-13-22(4,21(27)28-16-15-23)14-9-12-19(6-2)20(24)26/h18-19,25H,5-17,23H2,1-4H3,(H2,24,26). The molecule has 0 spiro atoms. The summed E-state index contributed by atoms with van der Waals surface area (Å²) in [5.41, 5.74) is 10.4. The maximum atomic E-state index is 12.7.